The van der Waals surface area contributed by atoms with Gasteiger partial charge in [-0.15, -0.1) is 0 Å². The van der Waals surface area contributed by atoms with E-state index < -0.39 is 5.97 Å². The summed E-state index contributed by atoms with van der Waals surface area (Å²) in [6.07, 6.45) is 5.87. The molecule has 2 heterocycles. The van der Waals surface area contributed by atoms with Gasteiger partial charge in [0.2, 0.25) is 0 Å². The van der Waals surface area contributed by atoms with Crippen molar-refractivity contribution in [1.29, 1.82) is 0 Å². The normalized spacial score (nSPS) is 10.9. The summed E-state index contributed by atoms with van der Waals surface area (Å²) in [6.45, 7) is 0.729. The maximum absolute atomic E-state index is 11.1. The number of aryl methyl sites for hydroxylation is 2. The Morgan fingerprint density at radius 1 is 1.21 bits per heavy atom. The van der Waals surface area contributed by atoms with Crippen molar-refractivity contribution in [1.82, 2.24) is 14.2 Å². The molecular formula is C14H13N3O2. The van der Waals surface area contributed by atoms with Crippen LogP contribution in [0.1, 0.15) is 15.9 Å². The highest BCUT2D eigenvalue weighted by Crippen LogP contribution is 2.13. The Hall–Kier alpha value is -2.56. The molecule has 3 rings (SSSR count). The van der Waals surface area contributed by atoms with Crippen molar-refractivity contribution in [2.24, 2.45) is 0 Å². The lowest BCUT2D eigenvalue weighted by Crippen LogP contribution is -2.04. The Balaban J connectivity index is 1.89. The fraction of sp³-hybridized carbons (Fsp3) is 0.143. The fourth-order valence-corrected chi connectivity index (χ4v) is 2.19. The summed E-state index contributed by atoms with van der Waals surface area (Å²) in [7, 11) is 0. The van der Waals surface area contributed by atoms with Crippen LogP contribution < -0.4 is 0 Å². The number of aromatic carboxylic acids is 1. The Labute approximate surface area is 109 Å². The van der Waals surface area contributed by atoms with Crippen LogP contribution in [0.4, 0.5) is 0 Å². The highest BCUT2D eigenvalue weighted by molar-refractivity contribution is 5.94. The lowest BCUT2D eigenvalue weighted by molar-refractivity contribution is 0.0698. The maximum atomic E-state index is 11.1. The van der Waals surface area contributed by atoms with E-state index >= 15 is 0 Å². The number of hydrogen-bond acceptors (Lipinski definition) is 2. The van der Waals surface area contributed by atoms with Crippen LogP contribution in [0, 0.1) is 0 Å². The second-order valence-corrected chi connectivity index (χ2v) is 4.36. The first kappa shape index (κ1) is 11.5. The molecule has 1 aromatic carbocycles. The number of carbonyl (C=O) groups is 1. The molecule has 0 unspecified atom stereocenters. The van der Waals surface area contributed by atoms with E-state index in [0.717, 1.165) is 13.0 Å². The van der Waals surface area contributed by atoms with Crippen molar-refractivity contribution < 1.29 is 9.90 Å². The van der Waals surface area contributed by atoms with E-state index in [1.807, 2.05) is 29.0 Å². The van der Waals surface area contributed by atoms with Gasteiger partial charge in [-0.1, -0.05) is 30.3 Å². The van der Waals surface area contributed by atoms with Crippen molar-refractivity contribution >= 4 is 11.6 Å². The number of imidazole rings is 1. The third kappa shape index (κ3) is 2.10. The van der Waals surface area contributed by atoms with E-state index in [1.54, 1.807) is 10.7 Å². The number of nitrogens with zero attached hydrogens (tertiary/aromatic N) is 3. The Morgan fingerprint density at radius 2 is 2.00 bits per heavy atom. The zero-order valence-electron chi connectivity index (χ0n) is 10.2. The molecule has 0 amide bonds. The lowest BCUT2D eigenvalue weighted by Gasteiger charge is -2.04. The summed E-state index contributed by atoms with van der Waals surface area (Å²) in [4.78, 5) is 11.1. The van der Waals surface area contributed by atoms with Crippen LogP contribution in [0.5, 0.6) is 0 Å². The fourth-order valence-electron chi connectivity index (χ4n) is 2.19. The minimum Gasteiger partial charge on any atom is -0.477 e. The number of benzene rings is 1. The predicted octanol–water partition coefficient (Wildman–Crippen LogP) is 2.08. The average molecular weight is 255 g/mol. The molecule has 0 saturated carbocycles. The van der Waals surface area contributed by atoms with Gasteiger partial charge >= 0.3 is 5.97 Å². The summed E-state index contributed by atoms with van der Waals surface area (Å²) in [5.41, 5.74) is 2.09. The molecule has 96 valence electrons. The Bertz CT molecular complexity index is 713. The zero-order chi connectivity index (χ0) is 13.2. The van der Waals surface area contributed by atoms with Crippen molar-refractivity contribution in [2.75, 3.05) is 0 Å². The molecule has 1 N–H and O–H groups in total. The van der Waals surface area contributed by atoms with Gasteiger partial charge in [-0.05, 0) is 12.0 Å². The summed E-state index contributed by atoms with van der Waals surface area (Å²) in [6, 6.07) is 10.1. The highest BCUT2D eigenvalue weighted by atomic mass is 16.4. The van der Waals surface area contributed by atoms with Crippen LogP contribution in [0.15, 0.2) is 48.9 Å². The highest BCUT2D eigenvalue weighted by Gasteiger charge is 2.14. The molecule has 0 atom stereocenters. The van der Waals surface area contributed by atoms with Gasteiger partial charge in [0.25, 0.3) is 0 Å². The van der Waals surface area contributed by atoms with Gasteiger partial charge in [-0.2, -0.15) is 5.10 Å². The number of carboxylic acid groups (broad SMARTS) is 1. The maximum Gasteiger partial charge on any atom is 0.341 e. The monoisotopic (exact) mass is 255 g/mol. The lowest BCUT2D eigenvalue weighted by atomic mass is 10.1. The van der Waals surface area contributed by atoms with Gasteiger partial charge in [0, 0.05) is 18.9 Å². The van der Waals surface area contributed by atoms with Crippen molar-refractivity contribution in [3.05, 3.63) is 60.0 Å². The second kappa shape index (κ2) is 4.61. The molecule has 3 aromatic rings. The number of rotatable bonds is 4. The number of hydrogen-bond donors (Lipinski definition) is 1. The van der Waals surface area contributed by atoms with E-state index in [9.17, 15) is 4.79 Å². The van der Waals surface area contributed by atoms with Gasteiger partial charge in [-0.3, -0.25) is 0 Å². The molecule has 0 fully saturated rings. The van der Waals surface area contributed by atoms with Gasteiger partial charge in [-0.25, -0.2) is 9.31 Å². The zero-order valence-corrected chi connectivity index (χ0v) is 10.2. The molecule has 0 saturated heterocycles. The molecule has 0 spiro atoms. The SMILES string of the molecule is O=C(O)c1cnn2ccn(CCc3ccccc3)c12. The van der Waals surface area contributed by atoms with Gasteiger partial charge < -0.3 is 9.67 Å². The van der Waals surface area contributed by atoms with Crippen LogP contribution in [-0.4, -0.2) is 25.3 Å². The van der Waals surface area contributed by atoms with E-state index in [4.69, 9.17) is 5.11 Å². The van der Waals surface area contributed by atoms with Gasteiger partial charge in [0.15, 0.2) is 0 Å². The summed E-state index contributed by atoms with van der Waals surface area (Å²) < 4.78 is 3.51. The number of fused-ring (bicyclic) bond motifs is 1. The van der Waals surface area contributed by atoms with Gasteiger partial charge in [0.1, 0.15) is 11.2 Å². The van der Waals surface area contributed by atoms with Crippen LogP contribution in [0.3, 0.4) is 0 Å². The molecule has 0 aliphatic carbocycles. The smallest absolute Gasteiger partial charge is 0.341 e. The average Bonchev–Trinajstić information content (AvgIpc) is 2.99. The van der Waals surface area contributed by atoms with Crippen LogP contribution in [0.2, 0.25) is 0 Å². The van der Waals surface area contributed by atoms with Crippen LogP contribution in [0.25, 0.3) is 5.65 Å². The molecule has 0 bridgehead atoms. The molecule has 0 radical (unpaired) electrons. The third-order valence-corrected chi connectivity index (χ3v) is 3.14. The van der Waals surface area contributed by atoms with Crippen molar-refractivity contribution in [3.63, 3.8) is 0 Å². The van der Waals surface area contributed by atoms with Crippen molar-refractivity contribution in [3.8, 4) is 0 Å². The van der Waals surface area contributed by atoms with E-state index in [-0.39, 0.29) is 5.56 Å². The summed E-state index contributed by atoms with van der Waals surface area (Å²) >= 11 is 0. The quantitative estimate of drug-likeness (QED) is 0.776. The van der Waals surface area contributed by atoms with E-state index in [0.29, 0.717) is 5.65 Å². The molecule has 2 aromatic heterocycles. The largest absolute Gasteiger partial charge is 0.477 e. The van der Waals surface area contributed by atoms with Crippen LogP contribution in [-0.2, 0) is 13.0 Å². The van der Waals surface area contributed by atoms with E-state index in [1.165, 1.54) is 11.8 Å². The third-order valence-electron chi connectivity index (χ3n) is 3.14. The second-order valence-electron chi connectivity index (χ2n) is 4.36. The summed E-state index contributed by atoms with van der Waals surface area (Å²) in [5, 5.41) is 13.2. The molecular weight excluding hydrogens is 242 g/mol. The Morgan fingerprint density at radius 3 is 2.74 bits per heavy atom. The molecule has 5 heteroatoms. The van der Waals surface area contributed by atoms with Crippen molar-refractivity contribution in [2.45, 2.75) is 13.0 Å². The minimum atomic E-state index is -0.949. The summed E-state index contributed by atoms with van der Waals surface area (Å²) in [5.74, 6) is -0.949. The molecule has 0 aliphatic heterocycles. The minimum absolute atomic E-state index is 0.234. The van der Waals surface area contributed by atoms with Gasteiger partial charge in [0.05, 0.1) is 6.20 Å². The van der Waals surface area contributed by atoms with E-state index in [2.05, 4.69) is 17.2 Å². The molecule has 19 heavy (non-hydrogen) atoms. The van der Waals surface area contributed by atoms with Crippen LogP contribution >= 0.6 is 0 Å². The first-order valence-corrected chi connectivity index (χ1v) is 6.05. The number of aromatic nitrogens is 3. The Kier molecular flexibility index (Phi) is 2.79. The first-order chi connectivity index (χ1) is 9.25. The first-order valence-electron chi connectivity index (χ1n) is 6.05. The standard InChI is InChI=1S/C14H13N3O2/c18-14(19)12-10-15-17-9-8-16(13(12)17)7-6-11-4-2-1-3-5-11/h1-5,8-10H,6-7H2,(H,18,19). The molecule has 5 nitrogen and oxygen atoms in total. The number of carboxylic acids is 1. The topological polar surface area (TPSA) is 59.5 Å². The predicted molar refractivity (Wildman–Crippen MR) is 70.3 cm³/mol. The molecule has 0 aliphatic rings.